The highest BCUT2D eigenvalue weighted by molar-refractivity contribution is 14.1. The molecule has 3 aromatic carbocycles. The molecular weight excluding hydrogens is 881 g/mol. The Morgan fingerprint density at radius 3 is 2.28 bits per heavy atom. The lowest BCUT2D eigenvalue weighted by molar-refractivity contribution is -0.129. The third-order valence-electron chi connectivity index (χ3n) is 4.40. The van der Waals surface area contributed by atoms with Crippen LogP contribution in [0.2, 0.25) is 5.02 Å². The van der Waals surface area contributed by atoms with Crippen LogP contribution in [0.3, 0.4) is 0 Å². The Morgan fingerprint density at radius 1 is 0.938 bits per heavy atom. The molecule has 0 saturated carbocycles. The van der Waals surface area contributed by atoms with Crippen LogP contribution in [0, 0.1) is 14.3 Å². The quantitative estimate of drug-likeness (QED) is 0.150. The average molecular weight is 893 g/mol. The number of ether oxygens (including phenoxy) is 2. The van der Waals surface area contributed by atoms with Gasteiger partial charge in [-0.05, 0) is 150 Å². The molecule has 0 saturated heterocycles. The number of nitrogens with zero attached hydrogens (tertiary/aromatic N) is 1. The zero-order chi connectivity index (χ0) is 22.8. The zero-order valence-electron chi connectivity index (χ0n) is 16.0. The van der Waals surface area contributed by atoms with Crippen molar-refractivity contribution in [3.8, 4) is 5.75 Å². The summed E-state index contributed by atoms with van der Waals surface area (Å²) < 4.78 is 15.5. The number of carbonyl (C=O) groups excluding carboxylic acids is 1. The number of hydrogen-bond acceptors (Lipinski definition) is 4. The van der Waals surface area contributed by atoms with E-state index in [1.807, 2.05) is 24.3 Å². The van der Waals surface area contributed by atoms with Crippen molar-refractivity contribution in [2.24, 2.45) is 4.99 Å². The van der Waals surface area contributed by atoms with E-state index < -0.39 is 5.97 Å². The van der Waals surface area contributed by atoms with Crippen LogP contribution in [-0.4, -0.2) is 11.9 Å². The first-order chi connectivity index (χ1) is 15.3. The van der Waals surface area contributed by atoms with Crippen LogP contribution in [0.15, 0.2) is 65.3 Å². The van der Waals surface area contributed by atoms with Crippen molar-refractivity contribution in [2.45, 2.75) is 6.61 Å². The number of rotatable bonds is 5. The number of hydrogen-bond donors (Lipinski definition) is 0. The first-order valence-corrected chi connectivity index (χ1v) is 13.8. The molecule has 0 bridgehead atoms. The van der Waals surface area contributed by atoms with Gasteiger partial charge in [-0.2, -0.15) is 0 Å². The summed E-state index contributed by atoms with van der Waals surface area (Å²) in [5, 5.41) is 0.483. The van der Waals surface area contributed by atoms with E-state index in [9.17, 15) is 4.79 Å². The van der Waals surface area contributed by atoms with E-state index in [4.69, 9.17) is 21.1 Å². The van der Waals surface area contributed by atoms with E-state index in [-0.39, 0.29) is 11.6 Å². The van der Waals surface area contributed by atoms with Gasteiger partial charge in [-0.15, -0.1) is 0 Å². The second-order valence-corrected chi connectivity index (χ2v) is 11.9. The van der Waals surface area contributed by atoms with Gasteiger partial charge >= 0.3 is 5.97 Å². The summed E-state index contributed by atoms with van der Waals surface area (Å²) in [5.41, 5.74) is 2.77. The Bertz CT molecular complexity index is 1250. The van der Waals surface area contributed by atoms with Gasteiger partial charge in [0, 0.05) is 7.14 Å². The molecule has 0 unspecified atom stereocenters. The Hall–Kier alpha value is -0.450. The van der Waals surface area contributed by atoms with Crippen molar-refractivity contribution in [2.75, 3.05) is 0 Å². The molecular formula is C23H12ClI4NO3. The van der Waals surface area contributed by atoms with E-state index in [0.717, 1.165) is 27.6 Å². The summed E-state index contributed by atoms with van der Waals surface area (Å²) in [6.07, 6.45) is 1.71. The number of esters is 1. The van der Waals surface area contributed by atoms with Crippen molar-refractivity contribution in [3.05, 3.63) is 96.3 Å². The van der Waals surface area contributed by atoms with Gasteiger partial charge in [0.15, 0.2) is 5.70 Å². The summed E-state index contributed by atoms with van der Waals surface area (Å²) in [6.45, 7) is 0.486. The fourth-order valence-corrected chi connectivity index (χ4v) is 6.06. The average Bonchev–Trinajstić information content (AvgIpc) is 3.10. The normalized spacial score (nSPS) is 14.5. The van der Waals surface area contributed by atoms with Gasteiger partial charge in [-0.25, -0.2) is 9.79 Å². The molecule has 3 aromatic rings. The smallest absolute Gasteiger partial charge is 0.363 e. The maximum atomic E-state index is 12.4. The predicted molar refractivity (Wildman–Crippen MR) is 160 cm³/mol. The number of carbonyl (C=O) groups is 1. The summed E-state index contributed by atoms with van der Waals surface area (Å²) in [7, 11) is 0. The lowest BCUT2D eigenvalue weighted by Gasteiger charge is -2.11. The molecule has 9 heteroatoms. The second kappa shape index (κ2) is 10.9. The van der Waals surface area contributed by atoms with Crippen LogP contribution in [0.4, 0.5) is 0 Å². The molecule has 0 spiro atoms. The number of cyclic esters (lactones) is 1. The molecule has 0 fully saturated rings. The summed E-state index contributed by atoms with van der Waals surface area (Å²) in [6, 6.07) is 17.6. The lowest BCUT2D eigenvalue weighted by Crippen LogP contribution is -2.06. The van der Waals surface area contributed by atoms with Gasteiger partial charge in [-0.3, -0.25) is 0 Å². The highest BCUT2D eigenvalue weighted by Crippen LogP contribution is 2.32. The van der Waals surface area contributed by atoms with Crippen molar-refractivity contribution in [1.29, 1.82) is 0 Å². The molecule has 0 amide bonds. The summed E-state index contributed by atoms with van der Waals surface area (Å²) in [5.74, 6) is 0.529. The molecule has 1 heterocycles. The molecule has 0 N–H and O–H groups in total. The van der Waals surface area contributed by atoms with Gasteiger partial charge in [0.2, 0.25) is 5.90 Å². The Labute approximate surface area is 244 Å². The van der Waals surface area contributed by atoms with Crippen LogP contribution in [0.25, 0.3) is 6.08 Å². The molecule has 4 rings (SSSR count). The topological polar surface area (TPSA) is 47.9 Å². The highest BCUT2D eigenvalue weighted by Gasteiger charge is 2.26. The van der Waals surface area contributed by atoms with Crippen LogP contribution < -0.4 is 4.74 Å². The van der Waals surface area contributed by atoms with Crippen LogP contribution in [0.1, 0.15) is 16.7 Å². The summed E-state index contributed by atoms with van der Waals surface area (Å²) >= 11 is 15.2. The molecule has 0 radical (unpaired) electrons. The first-order valence-electron chi connectivity index (χ1n) is 9.14. The minimum Gasteiger partial charge on any atom is -0.487 e. The van der Waals surface area contributed by atoms with E-state index in [1.54, 1.807) is 12.1 Å². The zero-order valence-corrected chi connectivity index (χ0v) is 25.4. The summed E-state index contributed by atoms with van der Waals surface area (Å²) in [4.78, 5) is 16.8. The Morgan fingerprint density at radius 2 is 1.59 bits per heavy atom. The van der Waals surface area contributed by atoms with Gasteiger partial charge in [0.1, 0.15) is 12.4 Å². The molecule has 162 valence electrons. The van der Waals surface area contributed by atoms with Gasteiger partial charge in [-0.1, -0.05) is 23.7 Å². The van der Waals surface area contributed by atoms with Crippen molar-refractivity contribution < 1.29 is 14.3 Å². The molecule has 4 nitrogen and oxygen atoms in total. The van der Waals surface area contributed by atoms with Crippen molar-refractivity contribution >= 4 is 120 Å². The SMILES string of the molecule is O=C1OC(c2cc(I)ccc2Cl)=N/C1=C\c1cc(I)c(OCc2ccc(I)cc2)c(I)c1. The largest absolute Gasteiger partial charge is 0.487 e. The minimum atomic E-state index is -0.501. The Balaban J connectivity index is 1.57. The predicted octanol–water partition coefficient (Wildman–Crippen LogP) is 7.68. The fraction of sp³-hybridized carbons (Fsp3) is 0.0435. The molecule has 0 atom stereocenters. The van der Waals surface area contributed by atoms with E-state index in [0.29, 0.717) is 17.2 Å². The number of halogens is 5. The molecule has 32 heavy (non-hydrogen) atoms. The maximum absolute atomic E-state index is 12.4. The third-order valence-corrected chi connectivity index (χ3v) is 7.72. The standard InChI is InChI=1S/C23H12ClI4NO3/c24-17-6-5-15(26)10-16(17)22-29-20(23(30)32-22)9-13-7-18(27)21(19(28)8-13)31-11-12-1-3-14(25)4-2-12/h1-10H,11H2/b20-9-. The van der Waals surface area contributed by atoms with E-state index in [2.05, 4.69) is 120 Å². The molecule has 0 aliphatic carbocycles. The van der Waals surface area contributed by atoms with Gasteiger partial charge in [0.05, 0.1) is 17.7 Å². The van der Waals surface area contributed by atoms with Crippen LogP contribution in [-0.2, 0) is 16.1 Å². The lowest BCUT2D eigenvalue weighted by atomic mass is 10.2. The minimum absolute atomic E-state index is 0.214. The highest BCUT2D eigenvalue weighted by atomic mass is 127. The van der Waals surface area contributed by atoms with Crippen LogP contribution in [0.5, 0.6) is 5.75 Å². The van der Waals surface area contributed by atoms with Crippen LogP contribution >= 0.6 is 102 Å². The molecule has 1 aliphatic rings. The number of aliphatic imine (C=N–C) groups is 1. The van der Waals surface area contributed by atoms with Gasteiger partial charge < -0.3 is 9.47 Å². The monoisotopic (exact) mass is 893 g/mol. The van der Waals surface area contributed by atoms with Gasteiger partial charge in [0.25, 0.3) is 0 Å². The maximum Gasteiger partial charge on any atom is 0.363 e. The van der Waals surface area contributed by atoms with Crippen molar-refractivity contribution in [3.63, 3.8) is 0 Å². The third kappa shape index (κ3) is 5.96. The molecule has 1 aliphatic heterocycles. The fourth-order valence-electron chi connectivity index (χ4n) is 2.88. The second-order valence-electron chi connectivity index (χ2n) is 6.69. The first kappa shape index (κ1) is 24.7. The Kier molecular flexibility index (Phi) is 8.38. The van der Waals surface area contributed by atoms with E-state index >= 15 is 0 Å². The molecule has 0 aromatic heterocycles. The van der Waals surface area contributed by atoms with Crippen molar-refractivity contribution in [1.82, 2.24) is 0 Å². The van der Waals surface area contributed by atoms with E-state index in [1.165, 1.54) is 3.57 Å². The number of benzene rings is 3.